The molecule has 4 rings (SSSR count). The van der Waals surface area contributed by atoms with Gasteiger partial charge in [-0.15, -0.1) is 34.2 Å². The second-order valence-corrected chi connectivity index (χ2v) is 7.62. The molecule has 2 aromatic carbocycles. The first-order chi connectivity index (χ1) is 15.3. The molecule has 0 saturated heterocycles. The van der Waals surface area contributed by atoms with Crippen LogP contribution in [0.3, 0.4) is 0 Å². The van der Waals surface area contributed by atoms with Crippen molar-refractivity contribution in [2.45, 2.75) is 39.3 Å². The molecule has 0 saturated carbocycles. The van der Waals surface area contributed by atoms with E-state index in [2.05, 4.69) is 79.8 Å². The number of nitrogens with one attached hydrogen (secondary N) is 2. The van der Waals surface area contributed by atoms with Gasteiger partial charge >= 0.3 is 0 Å². The molecule has 1 aliphatic heterocycles. The highest BCUT2D eigenvalue weighted by molar-refractivity contribution is 14.0. The Kier molecular flexibility index (Phi) is 8.90. The number of hydrogen-bond donors (Lipinski definition) is 2. The maximum atomic E-state index is 5.73. The summed E-state index contributed by atoms with van der Waals surface area (Å²) >= 11 is 0. The highest BCUT2D eigenvalue weighted by Gasteiger charge is 2.11. The van der Waals surface area contributed by atoms with Gasteiger partial charge in [-0.25, -0.2) is 0 Å². The smallest absolute Gasteiger partial charge is 0.191 e. The molecule has 0 aliphatic carbocycles. The third-order valence-corrected chi connectivity index (χ3v) is 5.54. The summed E-state index contributed by atoms with van der Waals surface area (Å²) in [5.41, 5.74) is 4.98. The van der Waals surface area contributed by atoms with Gasteiger partial charge in [-0.2, -0.15) is 0 Å². The lowest BCUT2D eigenvalue weighted by Crippen LogP contribution is -2.38. The number of aryl methyl sites for hydroxylation is 2. The predicted octanol–water partition coefficient (Wildman–Crippen LogP) is 3.82. The van der Waals surface area contributed by atoms with E-state index >= 15 is 0 Å². The number of benzene rings is 2. The van der Waals surface area contributed by atoms with Crippen LogP contribution >= 0.6 is 24.0 Å². The zero-order valence-corrected chi connectivity index (χ0v) is 21.0. The van der Waals surface area contributed by atoms with Crippen molar-refractivity contribution in [1.82, 2.24) is 25.4 Å². The van der Waals surface area contributed by atoms with E-state index in [0.717, 1.165) is 56.5 Å². The fourth-order valence-corrected chi connectivity index (χ4v) is 3.80. The minimum atomic E-state index is 0. The number of aromatic nitrogens is 3. The lowest BCUT2D eigenvalue weighted by Gasteiger charge is -2.18. The van der Waals surface area contributed by atoms with E-state index in [9.17, 15) is 0 Å². The van der Waals surface area contributed by atoms with E-state index in [-0.39, 0.29) is 24.0 Å². The van der Waals surface area contributed by atoms with Crippen LogP contribution in [0.15, 0.2) is 53.8 Å². The van der Waals surface area contributed by atoms with Crippen LogP contribution in [-0.4, -0.2) is 40.9 Å². The zero-order valence-electron chi connectivity index (χ0n) is 18.7. The van der Waals surface area contributed by atoms with Crippen LogP contribution in [0, 0.1) is 0 Å². The summed E-state index contributed by atoms with van der Waals surface area (Å²) in [7, 11) is 1.79. The van der Waals surface area contributed by atoms with E-state index in [1.54, 1.807) is 13.4 Å². The van der Waals surface area contributed by atoms with Gasteiger partial charge in [0.15, 0.2) is 5.96 Å². The standard InChI is InChI=1S/C24H30N6O.HI/c1-3-23-29-28-17-30(23)13-12-26-24(25-2)27-16-18-6-8-19(9-7-18)20-10-11-22-21(15-20)5-4-14-31-22;/h6-11,15,17H,3-5,12-14,16H2,1-2H3,(H2,25,26,27);1H. The van der Waals surface area contributed by atoms with E-state index in [1.807, 2.05) is 0 Å². The van der Waals surface area contributed by atoms with Crippen molar-refractivity contribution in [3.05, 3.63) is 65.7 Å². The Morgan fingerprint density at radius 3 is 2.72 bits per heavy atom. The number of guanidine groups is 1. The van der Waals surface area contributed by atoms with Gasteiger partial charge in [-0.05, 0) is 47.2 Å². The molecule has 0 atom stereocenters. The van der Waals surface area contributed by atoms with Gasteiger partial charge in [-0.1, -0.05) is 37.3 Å². The van der Waals surface area contributed by atoms with Crippen LogP contribution in [0.5, 0.6) is 5.75 Å². The minimum absolute atomic E-state index is 0. The van der Waals surface area contributed by atoms with Gasteiger partial charge in [-0.3, -0.25) is 4.99 Å². The minimum Gasteiger partial charge on any atom is -0.493 e. The molecule has 0 spiro atoms. The maximum absolute atomic E-state index is 5.73. The van der Waals surface area contributed by atoms with Crippen molar-refractivity contribution < 1.29 is 4.74 Å². The van der Waals surface area contributed by atoms with Gasteiger partial charge in [0.2, 0.25) is 0 Å². The summed E-state index contributed by atoms with van der Waals surface area (Å²) < 4.78 is 7.79. The Morgan fingerprint density at radius 2 is 1.94 bits per heavy atom. The summed E-state index contributed by atoms with van der Waals surface area (Å²) in [4.78, 5) is 4.31. The van der Waals surface area contributed by atoms with Crippen LogP contribution < -0.4 is 15.4 Å². The SMILES string of the molecule is CCc1nncn1CCNC(=NC)NCc1ccc(-c2ccc3c(c2)CCCO3)cc1.I. The number of nitrogens with zero attached hydrogens (tertiary/aromatic N) is 4. The number of halogens is 1. The summed E-state index contributed by atoms with van der Waals surface area (Å²) in [5, 5.41) is 14.8. The Morgan fingerprint density at radius 1 is 1.12 bits per heavy atom. The van der Waals surface area contributed by atoms with Crippen LogP contribution in [0.1, 0.15) is 30.3 Å². The quantitative estimate of drug-likeness (QED) is 0.268. The first kappa shape index (κ1) is 24.0. The van der Waals surface area contributed by atoms with Crippen molar-refractivity contribution in [2.75, 3.05) is 20.2 Å². The van der Waals surface area contributed by atoms with Crippen LogP contribution in [0.25, 0.3) is 11.1 Å². The van der Waals surface area contributed by atoms with Crippen molar-refractivity contribution >= 4 is 29.9 Å². The molecule has 0 unspecified atom stereocenters. The molecule has 8 heteroatoms. The van der Waals surface area contributed by atoms with E-state index in [0.29, 0.717) is 6.54 Å². The first-order valence-electron chi connectivity index (χ1n) is 10.9. The van der Waals surface area contributed by atoms with Crippen molar-refractivity contribution in [3.63, 3.8) is 0 Å². The molecular formula is C24H31IN6O. The van der Waals surface area contributed by atoms with Gasteiger partial charge < -0.3 is 19.9 Å². The second kappa shape index (κ2) is 11.8. The van der Waals surface area contributed by atoms with E-state index < -0.39 is 0 Å². The normalized spacial score (nSPS) is 13.0. The fourth-order valence-electron chi connectivity index (χ4n) is 3.80. The Labute approximate surface area is 206 Å². The van der Waals surface area contributed by atoms with Gasteiger partial charge in [0.05, 0.1) is 6.61 Å². The molecule has 3 aromatic rings. The van der Waals surface area contributed by atoms with Crippen molar-refractivity contribution in [3.8, 4) is 16.9 Å². The summed E-state index contributed by atoms with van der Waals surface area (Å²) in [6.45, 7) is 5.18. The number of aliphatic imine (C=N–C) groups is 1. The Bertz CT molecular complexity index is 1030. The van der Waals surface area contributed by atoms with Crippen LogP contribution in [-0.2, 0) is 25.9 Å². The molecular weight excluding hydrogens is 515 g/mol. The highest BCUT2D eigenvalue weighted by atomic mass is 127. The van der Waals surface area contributed by atoms with Crippen molar-refractivity contribution in [1.29, 1.82) is 0 Å². The maximum Gasteiger partial charge on any atom is 0.191 e. The van der Waals surface area contributed by atoms with E-state index in [1.165, 1.54) is 22.3 Å². The topological polar surface area (TPSA) is 76.4 Å². The Hall–Kier alpha value is -2.62. The summed E-state index contributed by atoms with van der Waals surface area (Å²) in [6, 6.07) is 15.2. The average Bonchev–Trinajstić information content (AvgIpc) is 3.29. The highest BCUT2D eigenvalue weighted by Crippen LogP contribution is 2.30. The molecule has 0 bridgehead atoms. The van der Waals surface area contributed by atoms with E-state index in [4.69, 9.17) is 4.74 Å². The number of ether oxygens (including phenoxy) is 1. The molecule has 7 nitrogen and oxygen atoms in total. The predicted molar refractivity (Wildman–Crippen MR) is 139 cm³/mol. The molecule has 0 fully saturated rings. The van der Waals surface area contributed by atoms with Gasteiger partial charge in [0.1, 0.15) is 17.9 Å². The number of fused-ring (bicyclic) bond motifs is 1. The van der Waals surface area contributed by atoms with Crippen LogP contribution in [0.2, 0.25) is 0 Å². The molecule has 170 valence electrons. The average molecular weight is 546 g/mol. The molecule has 32 heavy (non-hydrogen) atoms. The van der Waals surface area contributed by atoms with Crippen molar-refractivity contribution in [2.24, 2.45) is 4.99 Å². The zero-order chi connectivity index (χ0) is 21.5. The third kappa shape index (κ3) is 5.99. The summed E-state index contributed by atoms with van der Waals surface area (Å²) in [5.74, 6) is 2.81. The monoisotopic (exact) mass is 546 g/mol. The van der Waals surface area contributed by atoms with Crippen LogP contribution in [0.4, 0.5) is 0 Å². The number of hydrogen-bond acceptors (Lipinski definition) is 4. The first-order valence-corrected chi connectivity index (χ1v) is 10.9. The largest absolute Gasteiger partial charge is 0.493 e. The molecule has 2 heterocycles. The lowest BCUT2D eigenvalue weighted by atomic mass is 9.98. The summed E-state index contributed by atoms with van der Waals surface area (Å²) in [6.07, 6.45) is 4.83. The van der Waals surface area contributed by atoms with Gasteiger partial charge in [0.25, 0.3) is 0 Å². The number of rotatable bonds is 7. The fraction of sp³-hybridized carbons (Fsp3) is 0.375. The molecule has 0 radical (unpaired) electrons. The van der Waals surface area contributed by atoms with Gasteiger partial charge in [0, 0.05) is 33.1 Å². The second-order valence-electron chi connectivity index (χ2n) is 7.62. The third-order valence-electron chi connectivity index (χ3n) is 5.54. The molecule has 1 aliphatic rings. The Balaban J connectivity index is 0.00000289. The lowest BCUT2D eigenvalue weighted by molar-refractivity contribution is 0.288. The molecule has 0 amide bonds. The molecule has 2 N–H and O–H groups in total. The molecule has 1 aromatic heterocycles.